The molecular formula is C59H107NO3. The van der Waals surface area contributed by atoms with E-state index < -0.39 is 12.1 Å². The molecule has 4 heteroatoms. The number of nitrogens with one attached hydrogen (secondary N) is 1. The van der Waals surface area contributed by atoms with Crippen LogP contribution >= 0.6 is 0 Å². The van der Waals surface area contributed by atoms with Crippen LogP contribution in [0.2, 0.25) is 0 Å². The molecule has 0 rings (SSSR count). The van der Waals surface area contributed by atoms with Crippen molar-refractivity contribution in [3.63, 3.8) is 0 Å². The Morgan fingerprint density at radius 2 is 0.714 bits per heavy atom. The first-order valence-corrected chi connectivity index (χ1v) is 27.7. The van der Waals surface area contributed by atoms with Gasteiger partial charge in [-0.05, 0) is 70.6 Å². The molecule has 2 atom stereocenters. The minimum absolute atomic E-state index is 0.0881. The summed E-state index contributed by atoms with van der Waals surface area (Å²) in [4.78, 5) is 12.4. The minimum Gasteiger partial charge on any atom is -0.394 e. The lowest BCUT2D eigenvalue weighted by molar-refractivity contribution is -0.123. The number of amides is 1. The van der Waals surface area contributed by atoms with Crippen LogP contribution in [0.1, 0.15) is 277 Å². The molecule has 63 heavy (non-hydrogen) atoms. The van der Waals surface area contributed by atoms with Gasteiger partial charge in [-0.1, -0.05) is 273 Å². The van der Waals surface area contributed by atoms with Gasteiger partial charge in [0.15, 0.2) is 0 Å². The Bertz CT molecular complexity index is 1090. The Balaban J connectivity index is 3.53. The van der Waals surface area contributed by atoms with E-state index in [1.54, 1.807) is 6.08 Å². The Morgan fingerprint density at radius 1 is 0.397 bits per heavy atom. The molecule has 0 spiro atoms. The topological polar surface area (TPSA) is 69.6 Å². The minimum atomic E-state index is -0.873. The molecule has 0 aliphatic heterocycles. The first kappa shape index (κ1) is 60.8. The maximum absolute atomic E-state index is 12.4. The molecule has 0 aliphatic rings. The van der Waals surface area contributed by atoms with Crippen LogP contribution < -0.4 is 5.32 Å². The maximum Gasteiger partial charge on any atom is 0.220 e. The van der Waals surface area contributed by atoms with Gasteiger partial charge in [-0.25, -0.2) is 0 Å². The highest BCUT2D eigenvalue weighted by atomic mass is 16.3. The van der Waals surface area contributed by atoms with E-state index in [0.717, 1.165) is 70.6 Å². The summed E-state index contributed by atoms with van der Waals surface area (Å²) in [6.45, 7) is 4.19. The summed E-state index contributed by atoms with van der Waals surface area (Å²) in [6.07, 6.45) is 77.8. The second-order valence-electron chi connectivity index (χ2n) is 18.6. The van der Waals surface area contributed by atoms with Gasteiger partial charge in [0.2, 0.25) is 5.91 Å². The van der Waals surface area contributed by atoms with Crippen LogP contribution in [0.4, 0.5) is 0 Å². The molecule has 1 amide bonds. The van der Waals surface area contributed by atoms with Crippen molar-refractivity contribution >= 4 is 5.91 Å². The summed E-state index contributed by atoms with van der Waals surface area (Å²) in [7, 11) is 0. The lowest BCUT2D eigenvalue weighted by Gasteiger charge is -2.19. The summed E-state index contributed by atoms with van der Waals surface area (Å²) in [5, 5.41) is 23.1. The van der Waals surface area contributed by atoms with Crippen LogP contribution in [-0.4, -0.2) is 34.9 Å². The van der Waals surface area contributed by atoms with Gasteiger partial charge >= 0.3 is 0 Å². The third-order valence-corrected chi connectivity index (χ3v) is 12.4. The Labute approximate surface area is 393 Å². The van der Waals surface area contributed by atoms with Crippen molar-refractivity contribution in [3.05, 3.63) is 72.9 Å². The maximum atomic E-state index is 12.4. The van der Waals surface area contributed by atoms with Crippen LogP contribution in [0.5, 0.6) is 0 Å². The smallest absolute Gasteiger partial charge is 0.220 e. The fraction of sp³-hybridized carbons (Fsp3) is 0.780. The highest BCUT2D eigenvalue weighted by molar-refractivity contribution is 5.76. The van der Waals surface area contributed by atoms with E-state index in [9.17, 15) is 15.0 Å². The molecule has 4 nitrogen and oxygen atoms in total. The monoisotopic (exact) mass is 878 g/mol. The fourth-order valence-corrected chi connectivity index (χ4v) is 8.25. The van der Waals surface area contributed by atoms with E-state index in [2.05, 4.69) is 79.9 Å². The third kappa shape index (κ3) is 50.7. The lowest BCUT2D eigenvalue weighted by atomic mass is 10.0. The zero-order valence-electron chi connectivity index (χ0n) is 42.1. The number of allylic oxidation sites excluding steroid dienone is 11. The lowest BCUT2D eigenvalue weighted by Crippen LogP contribution is -2.45. The molecule has 0 fully saturated rings. The van der Waals surface area contributed by atoms with Gasteiger partial charge < -0.3 is 15.5 Å². The Hall–Kier alpha value is -2.17. The van der Waals surface area contributed by atoms with Gasteiger partial charge in [0.1, 0.15) is 0 Å². The van der Waals surface area contributed by atoms with Crippen molar-refractivity contribution in [1.82, 2.24) is 5.32 Å². The highest BCUT2D eigenvalue weighted by Crippen LogP contribution is 2.17. The predicted molar refractivity (Wildman–Crippen MR) is 281 cm³/mol. The average molecular weight is 879 g/mol. The van der Waals surface area contributed by atoms with E-state index in [4.69, 9.17) is 0 Å². The fourth-order valence-electron chi connectivity index (χ4n) is 8.25. The molecule has 0 saturated carbocycles. The van der Waals surface area contributed by atoms with Gasteiger partial charge in [-0.15, -0.1) is 0 Å². The van der Waals surface area contributed by atoms with E-state index in [-0.39, 0.29) is 12.5 Å². The number of rotatable bonds is 50. The van der Waals surface area contributed by atoms with Gasteiger partial charge in [0.05, 0.1) is 18.8 Å². The summed E-state index contributed by atoms with van der Waals surface area (Å²) in [5.74, 6) is -0.0881. The van der Waals surface area contributed by atoms with Crippen LogP contribution in [-0.2, 0) is 4.79 Å². The van der Waals surface area contributed by atoms with Crippen molar-refractivity contribution in [2.75, 3.05) is 6.61 Å². The number of carbonyl (C=O) groups excluding carboxylic acids is 1. The standard InChI is InChI=1S/C59H107NO3/c1-3-5-7-9-11-13-15-17-19-21-23-24-25-26-27-28-29-30-31-32-33-34-35-37-38-40-42-44-46-48-50-52-54-58(62)57(56-61)60-59(63)55-53-51-49-47-45-43-41-39-36-22-20-18-16-14-12-10-8-6-4-2/h6,8,12,14,18,20,36,39,44,46,52,54,57-58,61-62H,3-5,7,9-11,13,15-17,19,21-35,37-38,40-43,45,47-51,53,55-56H2,1-2H3,(H,60,63)/b8-6-,14-12-,20-18-,39-36-,46-44+,54-52+. The van der Waals surface area contributed by atoms with E-state index in [0.29, 0.717) is 6.42 Å². The molecule has 0 saturated heterocycles. The molecule has 3 N–H and O–H groups in total. The van der Waals surface area contributed by atoms with Crippen molar-refractivity contribution in [2.24, 2.45) is 0 Å². The summed E-state index contributed by atoms with van der Waals surface area (Å²) < 4.78 is 0. The van der Waals surface area contributed by atoms with E-state index in [1.807, 2.05) is 6.08 Å². The number of unbranched alkanes of at least 4 members (excludes halogenated alkanes) is 33. The molecule has 0 radical (unpaired) electrons. The molecule has 366 valence electrons. The zero-order chi connectivity index (χ0) is 45.6. The number of aliphatic hydroxyl groups is 2. The first-order chi connectivity index (χ1) is 31.2. The Morgan fingerprint density at radius 3 is 1.11 bits per heavy atom. The van der Waals surface area contributed by atoms with Crippen molar-refractivity contribution in [3.8, 4) is 0 Å². The molecular weight excluding hydrogens is 771 g/mol. The molecule has 2 unspecified atom stereocenters. The number of hydrogen-bond acceptors (Lipinski definition) is 3. The highest BCUT2D eigenvalue weighted by Gasteiger charge is 2.17. The summed E-state index contributed by atoms with van der Waals surface area (Å²) >= 11 is 0. The number of aliphatic hydroxyl groups excluding tert-OH is 2. The van der Waals surface area contributed by atoms with Crippen molar-refractivity contribution in [1.29, 1.82) is 0 Å². The van der Waals surface area contributed by atoms with Gasteiger partial charge in [0.25, 0.3) is 0 Å². The molecule has 0 aromatic carbocycles. The predicted octanol–water partition coefficient (Wildman–Crippen LogP) is 18.2. The van der Waals surface area contributed by atoms with Crippen LogP contribution in [0, 0.1) is 0 Å². The van der Waals surface area contributed by atoms with Crippen LogP contribution in [0.25, 0.3) is 0 Å². The number of hydrogen-bond donors (Lipinski definition) is 3. The SMILES string of the molecule is CC/C=C\C/C=C\C/C=C\C/C=C\CCCCCCCCC(=O)NC(CO)C(O)/C=C/CC/C=C/CCCCCCCCCCCCCCCCCCCCCCCCCCCC. The van der Waals surface area contributed by atoms with E-state index >= 15 is 0 Å². The number of carbonyl (C=O) groups is 1. The average Bonchev–Trinajstić information content (AvgIpc) is 3.29. The third-order valence-electron chi connectivity index (χ3n) is 12.4. The summed E-state index contributed by atoms with van der Waals surface area (Å²) in [5.41, 5.74) is 0. The molecule has 0 bridgehead atoms. The van der Waals surface area contributed by atoms with Crippen molar-refractivity contribution in [2.45, 2.75) is 289 Å². The zero-order valence-corrected chi connectivity index (χ0v) is 42.1. The first-order valence-electron chi connectivity index (χ1n) is 27.7. The largest absolute Gasteiger partial charge is 0.394 e. The van der Waals surface area contributed by atoms with Crippen LogP contribution in [0.15, 0.2) is 72.9 Å². The quantitative estimate of drug-likeness (QED) is 0.0421. The van der Waals surface area contributed by atoms with Crippen LogP contribution in [0.3, 0.4) is 0 Å². The molecule has 0 aromatic heterocycles. The van der Waals surface area contributed by atoms with Crippen molar-refractivity contribution < 1.29 is 15.0 Å². The summed E-state index contributed by atoms with van der Waals surface area (Å²) in [6, 6.07) is -0.652. The van der Waals surface area contributed by atoms with E-state index in [1.165, 1.54) is 186 Å². The Kier molecular flexibility index (Phi) is 52.3. The molecule has 0 heterocycles. The molecule has 0 aromatic rings. The van der Waals surface area contributed by atoms with Gasteiger partial charge in [0, 0.05) is 6.42 Å². The second-order valence-corrected chi connectivity index (χ2v) is 18.6. The second kappa shape index (κ2) is 54.2. The van der Waals surface area contributed by atoms with Gasteiger partial charge in [-0.3, -0.25) is 4.79 Å². The molecule has 0 aliphatic carbocycles. The normalized spacial score (nSPS) is 13.4. The van der Waals surface area contributed by atoms with Gasteiger partial charge in [-0.2, -0.15) is 0 Å².